The Labute approximate surface area is 192 Å². The minimum absolute atomic E-state index is 0.00568. The summed E-state index contributed by atoms with van der Waals surface area (Å²) in [5.74, 6) is -2.34. The van der Waals surface area contributed by atoms with Crippen molar-refractivity contribution in [1.29, 1.82) is 0 Å². The molecule has 0 spiro atoms. The Morgan fingerprint density at radius 3 is 2.52 bits per heavy atom. The molecule has 8 nitrogen and oxygen atoms in total. The summed E-state index contributed by atoms with van der Waals surface area (Å²) in [6.45, 7) is 4.91. The van der Waals surface area contributed by atoms with Gasteiger partial charge in [-0.25, -0.2) is 8.78 Å². The van der Waals surface area contributed by atoms with Crippen molar-refractivity contribution in [2.45, 2.75) is 37.6 Å². The van der Waals surface area contributed by atoms with Crippen molar-refractivity contribution >= 4 is 35.0 Å². The zero-order chi connectivity index (χ0) is 24.1. The van der Waals surface area contributed by atoms with Crippen LogP contribution in [0.5, 0.6) is 0 Å². The van der Waals surface area contributed by atoms with Gasteiger partial charge in [-0.2, -0.15) is 0 Å². The average molecular weight is 474 g/mol. The summed E-state index contributed by atoms with van der Waals surface area (Å²) >= 11 is 0.935. The van der Waals surface area contributed by atoms with Gasteiger partial charge < -0.3 is 10.6 Å². The van der Waals surface area contributed by atoms with Crippen LogP contribution in [0.15, 0.2) is 46.3 Å². The van der Waals surface area contributed by atoms with Crippen LogP contribution in [0.2, 0.25) is 0 Å². The summed E-state index contributed by atoms with van der Waals surface area (Å²) in [6.07, 6.45) is 0.323. The maximum Gasteiger partial charge on any atom is 0.278 e. The number of halogens is 2. The number of nitrogens with one attached hydrogen (secondary N) is 3. The molecule has 0 aliphatic rings. The first-order chi connectivity index (χ1) is 15.7. The van der Waals surface area contributed by atoms with E-state index in [9.17, 15) is 23.2 Å². The zero-order valence-corrected chi connectivity index (χ0v) is 18.8. The number of hydrogen-bond acceptors (Lipinski definition) is 6. The molecule has 0 bridgehead atoms. The first-order valence-corrected chi connectivity index (χ1v) is 10.8. The number of amides is 2. The summed E-state index contributed by atoms with van der Waals surface area (Å²) < 4.78 is 27.2. The van der Waals surface area contributed by atoms with E-state index in [1.54, 1.807) is 25.1 Å². The predicted molar refractivity (Wildman–Crippen MR) is 122 cm³/mol. The van der Waals surface area contributed by atoms with E-state index in [1.807, 2.05) is 6.92 Å². The second-order valence-electron chi connectivity index (χ2n) is 7.17. The van der Waals surface area contributed by atoms with Gasteiger partial charge in [-0.1, -0.05) is 30.3 Å². The lowest BCUT2D eigenvalue weighted by molar-refractivity contribution is -0.116. The van der Waals surface area contributed by atoms with Gasteiger partial charge >= 0.3 is 0 Å². The molecular weight excluding hydrogens is 452 g/mol. The van der Waals surface area contributed by atoms with Crippen molar-refractivity contribution in [2.75, 3.05) is 10.6 Å². The van der Waals surface area contributed by atoms with Crippen LogP contribution in [0.1, 0.15) is 25.8 Å². The Bertz CT molecular complexity index is 1270. The summed E-state index contributed by atoms with van der Waals surface area (Å²) in [6, 6.07) is 7.90. The molecule has 3 rings (SSSR count). The van der Waals surface area contributed by atoms with Gasteiger partial charge in [-0.05, 0) is 37.6 Å². The molecule has 3 aromatic rings. The quantitative estimate of drug-likeness (QED) is 0.449. The second kappa shape index (κ2) is 10.3. The van der Waals surface area contributed by atoms with Crippen molar-refractivity contribution < 1.29 is 18.4 Å². The molecule has 2 amide bonds. The van der Waals surface area contributed by atoms with Gasteiger partial charge in [0.2, 0.25) is 11.8 Å². The van der Waals surface area contributed by atoms with E-state index in [4.69, 9.17) is 0 Å². The van der Waals surface area contributed by atoms with Crippen LogP contribution < -0.4 is 16.2 Å². The van der Waals surface area contributed by atoms with Crippen LogP contribution in [0, 0.1) is 18.6 Å². The summed E-state index contributed by atoms with van der Waals surface area (Å²) in [4.78, 5) is 39.4. The number of H-pyrrole nitrogens is 1. The first-order valence-electron chi connectivity index (χ1n) is 9.96. The highest BCUT2D eigenvalue weighted by atomic mass is 32.2. The van der Waals surface area contributed by atoms with Crippen LogP contribution in [-0.2, 0) is 9.59 Å². The van der Waals surface area contributed by atoms with Gasteiger partial charge in [0.25, 0.3) is 5.56 Å². The number of aromatic nitrogens is 3. The summed E-state index contributed by atoms with van der Waals surface area (Å²) in [7, 11) is 0. The van der Waals surface area contributed by atoms with E-state index in [0.717, 1.165) is 35.5 Å². The molecule has 1 aromatic heterocycles. The molecule has 172 valence electrons. The molecule has 0 saturated heterocycles. The van der Waals surface area contributed by atoms with Gasteiger partial charge in [0, 0.05) is 18.6 Å². The van der Waals surface area contributed by atoms with Gasteiger partial charge in [-0.15, -0.1) is 10.2 Å². The molecule has 0 aliphatic carbocycles. The molecule has 0 saturated carbocycles. The molecule has 1 heterocycles. The fraction of sp³-hybridized carbons (Fsp3) is 0.227. The van der Waals surface area contributed by atoms with Crippen LogP contribution in [0.3, 0.4) is 0 Å². The first kappa shape index (κ1) is 24.1. The second-order valence-corrected chi connectivity index (χ2v) is 8.36. The number of carbonyl (C=O) groups is 2. The minimum Gasteiger partial charge on any atom is -0.326 e. The summed E-state index contributed by atoms with van der Waals surface area (Å²) in [5, 5.41) is 12.3. The van der Waals surface area contributed by atoms with Gasteiger partial charge in [0.05, 0.1) is 16.6 Å². The standard InChI is InChI=1S/C22H21F2N5O3S/c1-4-18(20(31)26-17-10-13(23)6-7-15(17)24)33-22-27-21(32)19(28-29-22)14-9-11(2)5-8-16(14)25-12(3)30/h5-10,18H,4H2,1-3H3,(H,25,30)(H,26,31)(H,27,29,32)/t18-/m1/s1. The van der Waals surface area contributed by atoms with Crippen molar-refractivity contribution in [3.8, 4) is 11.3 Å². The van der Waals surface area contributed by atoms with Crippen molar-refractivity contribution in [1.82, 2.24) is 15.2 Å². The number of nitrogens with zero attached hydrogens (tertiary/aromatic N) is 2. The fourth-order valence-corrected chi connectivity index (χ4v) is 3.81. The molecule has 11 heteroatoms. The van der Waals surface area contributed by atoms with E-state index in [1.165, 1.54) is 6.92 Å². The Balaban J connectivity index is 1.83. The number of carbonyl (C=O) groups excluding carboxylic acids is 2. The maximum atomic E-state index is 13.8. The van der Waals surface area contributed by atoms with Gasteiger partial charge in [0.15, 0.2) is 10.9 Å². The molecular formula is C22H21F2N5O3S. The lowest BCUT2D eigenvalue weighted by Crippen LogP contribution is -2.26. The van der Waals surface area contributed by atoms with Crippen LogP contribution in [-0.4, -0.2) is 32.2 Å². The molecule has 0 fully saturated rings. The van der Waals surface area contributed by atoms with Crippen LogP contribution >= 0.6 is 11.8 Å². The number of aromatic amines is 1. The molecule has 3 N–H and O–H groups in total. The third-order valence-electron chi connectivity index (χ3n) is 4.52. The van der Waals surface area contributed by atoms with Crippen LogP contribution in [0.25, 0.3) is 11.3 Å². The fourth-order valence-electron chi connectivity index (χ4n) is 2.97. The van der Waals surface area contributed by atoms with E-state index >= 15 is 0 Å². The third-order valence-corrected chi connectivity index (χ3v) is 5.76. The van der Waals surface area contributed by atoms with Gasteiger partial charge in [-0.3, -0.25) is 19.4 Å². The average Bonchev–Trinajstić information content (AvgIpc) is 2.75. The summed E-state index contributed by atoms with van der Waals surface area (Å²) in [5.41, 5.74) is 0.838. The van der Waals surface area contributed by atoms with Crippen LogP contribution in [0.4, 0.5) is 20.2 Å². The predicted octanol–water partition coefficient (Wildman–Crippen LogP) is 3.89. The van der Waals surface area contributed by atoms with E-state index in [-0.39, 0.29) is 22.4 Å². The highest BCUT2D eigenvalue weighted by molar-refractivity contribution is 8.00. The van der Waals surface area contributed by atoms with Crippen molar-refractivity contribution in [3.63, 3.8) is 0 Å². The Hall–Kier alpha value is -3.60. The number of hydrogen-bond donors (Lipinski definition) is 3. The largest absolute Gasteiger partial charge is 0.326 e. The number of anilines is 2. The minimum atomic E-state index is -0.768. The Morgan fingerprint density at radius 2 is 1.85 bits per heavy atom. The zero-order valence-electron chi connectivity index (χ0n) is 18.0. The third kappa shape index (κ3) is 6.01. The molecule has 2 aromatic carbocycles. The molecule has 0 unspecified atom stereocenters. The number of thioether (sulfide) groups is 1. The lowest BCUT2D eigenvalue weighted by Gasteiger charge is -2.14. The van der Waals surface area contributed by atoms with E-state index in [0.29, 0.717) is 17.7 Å². The molecule has 0 aliphatic heterocycles. The van der Waals surface area contributed by atoms with Crippen molar-refractivity contribution in [2.24, 2.45) is 0 Å². The Morgan fingerprint density at radius 1 is 1.09 bits per heavy atom. The highest BCUT2D eigenvalue weighted by Crippen LogP contribution is 2.27. The number of benzene rings is 2. The highest BCUT2D eigenvalue weighted by Gasteiger charge is 2.22. The SMILES string of the molecule is CC[C@@H](Sc1nnc(-c2cc(C)ccc2NC(C)=O)c(=O)[nH]1)C(=O)Nc1cc(F)ccc1F. The maximum absolute atomic E-state index is 13.8. The lowest BCUT2D eigenvalue weighted by atomic mass is 10.1. The monoisotopic (exact) mass is 473 g/mol. The smallest absolute Gasteiger partial charge is 0.278 e. The molecule has 33 heavy (non-hydrogen) atoms. The van der Waals surface area contributed by atoms with Crippen molar-refractivity contribution in [3.05, 3.63) is 63.9 Å². The molecule has 0 radical (unpaired) electrons. The number of rotatable bonds is 7. The normalized spacial score (nSPS) is 11.7. The molecule has 1 atom stereocenters. The Kier molecular flexibility index (Phi) is 7.54. The topological polar surface area (TPSA) is 117 Å². The van der Waals surface area contributed by atoms with Gasteiger partial charge in [0.1, 0.15) is 11.6 Å². The van der Waals surface area contributed by atoms with E-state index in [2.05, 4.69) is 25.8 Å². The van der Waals surface area contributed by atoms with E-state index < -0.39 is 28.4 Å². The number of aryl methyl sites for hydroxylation is 1.